The van der Waals surface area contributed by atoms with Crippen LogP contribution in [0.5, 0.6) is 0 Å². The van der Waals surface area contributed by atoms with Crippen LogP contribution in [0.1, 0.15) is 100 Å². The molecule has 218 valence electrons. The van der Waals surface area contributed by atoms with Crippen LogP contribution in [0, 0.1) is 56.2 Å². The maximum Gasteiger partial charge on any atom is 0.321 e. The predicted octanol–water partition coefficient (Wildman–Crippen LogP) is 6.73. The predicted molar refractivity (Wildman–Crippen MR) is 148 cm³/mol. The molecule has 3 fully saturated rings. The average molecular weight is 555 g/mol. The van der Waals surface area contributed by atoms with E-state index in [4.69, 9.17) is 0 Å². The molecule has 0 heterocycles. The van der Waals surface area contributed by atoms with Gasteiger partial charge in [-0.15, -0.1) is 0 Å². The Morgan fingerprint density at radius 3 is 2.25 bits per heavy atom. The molecule has 7 unspecified atom stereocenters. The molecule has 0 aromatic heterocycles. The highest BCUT2D eigenvalue weighted by atomic mass is 19.3. The van der Waals surface area contributed by atoms with E-state index >= 15 is 0 Å². The first-order valence-corrected chi connectivity index (χ1v) is 14.8. The SMILES string of the molecule is CC1(C)CCC2(NC(=O)C(C)(F)F)CCC3(C)C(C(=O)C=C4C5(C)C=C(C#N)C(=O)C(C)(C)C5CCC43C)C2C1. The molecule has 0 spiro atoms. The summed E-state index contributed by atoms with van der Waals surface area (Å²) >= 11 is 0. The number of fused-ring (bicyclic) bond motifs is 7. The van der Waals surface area contributed by atoms with E-state index in [0.29, 0.717) is 32.6 Å². The first-order valence-electron chi connectivity index (χ1n) is 14.8. The Bertz CT molecular complexity index is 1300. The molecule has 5 rings (SSSR count). The number of rotatable bonds is 2. The van der Waals surface area contributed by atoms with E-state index in [0.717, 1.165) is 24.8 Å². The molecule has 5 aliphatic rings. The molecule has 0 radical (unpaired) electrons. The Kier molecular flexibility index (Phi) is 6.09. The lowest BCUT2D eigenvalue weighted by atomic mass is 9.35. The summed E-state index contributed by atoms with van der Waals surface area (Å²) in [4.78, 5) is 40.3. The van der Waals surface area contributed by atoms with Crippen LogP contribution in [-0.4, -0.2) is 28.9 Å². The van der Waals surface area contributed by atoms with E-state index in [1.165, 1.54) is 0 Å². The Balaban J connectivity index is 1.67. The van der Waals surface area contributed by atoms with Gasteiger partial charge in [-0.05, 0) is 79.1 Å². The Morgan fingerprint density at radius 2 is 1.65 bits per heavy atom. The van der Waals surface area contributed by atoms with Crippen LogP contribution < -0.4 is 5.32 Å². The van der Waals surface area contributed by atoms with E-state index in [1.807, 2.05) is 19.9 Å². The molecule has 0 bridgehead atoms. The second kappa shape index (κ2) is 8.35. The van der Waals surface area contributed by atoms with E-state index in [-0.39, 0.29) is 34.4 Å². The van der Waals surface area contributed by atoms with Crippen molar-refractivity contribution in [2.45, 2.75) is 112 Å². The van der Waals surface area contributed by atoms with Gasteiger partial charge in [0, 0.05) is 29.2 Å². The quantitative estimate of drug-likeness (QED) is 0.410. The van der Waals surface area contributed by atoms with Crippen LogP contribution in [-0.2, 0) is 14.4 Å². The standard InChI is InChI=1S/C33H44F2N2O3/c1-27(2)11-13-33(37-26(40)32(8,34)35)14-12-31(7)24(20(33)17-27)21(38)15-23-29(5)16-19(18-36)25(39)28(3,4)22(29)9-10-30(23,31)6/h15-16,20,22,24H,9-14,17H2,1-8H3,(H,37,40). The number of hydrogen-bond acceptors (Lipinski definition) is 4. The second-order valence-electron chi connectivity index (χ2n) is 15.8. The van der Waals surface area contributed by atoms with Crippen LogP contribution in [0.25, 0.3) is 0 Å². The molecule has 7 atom stereocenters. The number of nitrogens with zero attached hydrogens (tertiary/aromatic N) is 1. The molecule has 0 aromatic carbocycles. The summed E-state index contributed by atoms with van der Waals surface area (Å²) in [6.07, 6.45) is 8.42. The van der Waals surface area contributed by atoms with E-state index < -0.39 is 44.9 Å². The van der Waals surface area contributed by atoms with Crippen molar-refractivity contribution in [3.63, 3.8) is 0 Å². The fourth-order valence-corrected chi connectivity index (χ4v) is 10.2. The van der Waals surface area contributed by atoms with Crippen LogP contribution in [0.4, 0.5) is 8.78 Å². The minimum Gasteiger partial charge on any atom is -0.345 e. The highest BCUT2D eigenvalue weighted by Gasteiger charge is 2.70. The Labute approximate surface area is 237 Å². The molecule has 0 aromatic rings. The monoisotopic (exact) mass is 554 g/mol. The van der Waals surface area contributed by atoms with Crippen LogP contribution in [0.2, 0.25) is 0 Å². The third-order valence-corrected chi connectivity index (χ3v) is 12.6. The molecule has 0 aliphatic heterocycles. The van der Waals surface area contributed by atoms with Crippen molar-refractivity contribution in [3.8, 4) is 6.07 Å². The van der Waals surface area contributed by atoms with Gasteiger partial charge >= 0.3 is 5.92 Å². The summed E-state index contributed by atoms with van der Waals surface area (Å²) in [6, 6.07) is 2.13. The number of nitrogens with one attached hydrogen (secondary N) is 1. The van der Waals surface area contributed by atoms with Gasteiger partial charge in [-0.2, -0.15) is 14.0 Å². The van der Waals surface area contributed by atoms with Gasteiger partial charge in [-0.3, -0.25) is 14.4 Å². The van der Waals surface area contributed by atoms with Gasteiger partial charge in [0.15, 0.2) is 11.6 Å². The van der Waals surface area contributed by atoms with Crippen molar-refractivity contribution in [2.75, 3.05) is 0 Å². The van der Waals surface area contributed by atoms with Gasteiger partial charge in [-0.1, -0.05) is 60.1 Å². The second-order valence-corrected chi connectivity index (χ2v) is 15.8. The summed E-state index contributed by atoms with van der Waals surface area (Å²) in [5.74, 6) is -5.62. The minimum atomic E-state index is -3.49. The largest absolute Gasteiger partial charge is 0.345 e. The van der Waals surface area contributed by atoms with Crippen molar-refractivity contribution in [3.05, 3.63) is 23.3 Å². The van der Waals surface area contributed by atoms with Gasteiger partial charge in [0.1, 0.15) is 6.07 Å². The smallest absolute Gasteiger partial charge is 0.321 e. The van der Waals surface area contributed by atoms with Crippen LogP contribution in [0.15, 0.2) is 23.3 Å². The van der Waals surface area contributed by atoms with Gasteiger partial charge in [0.25, 0.3) is 5.91 Å². The molecular formula is C33H44F2N2O3. The lowest BCUT2D eigenvalue weighted by Crippen LogP contribution is -2.70. The fourth-order valence-electron chi connectivity index (χ4n) is 10.2. The zero-order chi connectivity index (χ0) is 29.9. The highest BCUT2D eigenvalue weighted by molar-refractivity contribution is 6.04. The summed E-state index contributed by atoms with van der Waals surface area (Å²) in [7, 11) is 0. The van der Waals surface area contributed by atoms with Crippen LogP contribution >= 0.6 is 0 Å². The molecule has 5 aliphatic carbocycles. The highest BCUT2D eigenvalue weighted by Crippen LogP contribution is 2.73. The van der Waals surface area contributed by atoms with Gasteiger partial charge in [0.2, 0.25) is 0 Å². The van der Waals surface area contributed by atoms with Gasteiger partial charge in [0.05, 0.1) is 5.57 Å². The number of halogens is 2. The maximum atomic E-state index is 14.4. The van der Waals surface area contributed by atoms with Gasteiger partial charge in [-0.25, -0.2) is 0 Å². The zero-order valence-electron chi connectivity index (χ0n) is 25.3. The van der Waals surface area contributed by atoms with Crippen LogP contribution in [0.3, 0.4) is 0 Å². The molecule has 1 N–H and O–H groups in total. The number of amides is 1. The Hall–Kier alpha value is -2.36. The van der Waals surface area contributed by atoms with E-state index in [1.54, 1.807) is 6.08 Å². The van der Waals surface area contributed by atoms with Crippen molar-refractivity contribution < 1.29 is 23.2 Å². The van der Waals surface area contributed by atoms with E-state index in [9.17, 15) is 28.4 Å². The van der Waals surface area contributed by atoms with Crippen molar-refractivity contribution >= 4 is 17.5 Å². The zero-order valence-corrected chi connectivity index (χ0v) is 25.3. The summed E-state index contributed by atoms with van der Waals surface area (Å²) in [5, 5.41) is 12.7. The number of carbonyl (C=O) groups excluding carboxylic acids is 3. The van der Waals surface area contributed by atoms with Gasteiger partial charge < -0.3 is 5.32 Å². The molecule has 5 nitrogen and oxygen atoms in total. The summed E-state index contributed by atoms with van der Waals surface area (Å²) in [6.45, 7) is 15.3. The topological polar surface area (TPSA) is 87.0 Å². The molecular weight excluding hydrogens is 510 g/mol. The van der Waals surface area contributed by atoms with Crippen molar-refractivity contribution in [2.24, 2.45) is 44.8 Å². The molecule has 40 heavy (non-hydrogen) atoms. The number of allylic oxidation sites excluding steroid dienone is 4. The maximum absolute atomic E-state index is 14.4. The number of ketones is 2. The third kappa shape index (κ3) is 3.69. The summed E-state index contributed by atoms with van der Waals surface area (Å²) < 4.78 is 28.3. The normalized spacial score (nSPS) is 43.6. The number of nitriles is 1. The molecule has 7 heteroatoms. The first-order chi connectivity index (χ1) is 18.2. The molecule has 1 amide bonds. The number of alkyl halides is 2. The number of hydrogen-bond donors (Lipinski definition) is 1. The Morgan fingerprint density at radius 1 is 1.02 bits per heavy atom. The third-order valence-electron chi connectivity index (χ3n) is 12.6. The molecule has 3 saturated carbocycles. The first kappa shape index (κ1) is 29.1. The van der Waals surface area contributed by atoms with Crippen molar-refractivity contribution in [1.82, 2.24) is 5.32 Å². The average Bonchev–Trinajstić information content (AvgIpc) is 2.83. The molecule has 0 saturated heterocycles. The lowest BCUT2D eigenvalue weighted by molar-refractivity contribution is -0.168. The number of Topliss-reactive ketones (excluding diaryl/α,β-unsaturated/α-hetero) is 1. The summed E-state index contributed by atoms with van der Waals surface area (Å²) in [5.41, 5.74) is -1.98. The minimum absolute atomic E-state index is 0.0113. The fraction of sp³-hybridized carbons (Fsp3) is 0.758. The lowest BCUT2D eigenvalue weighted by Gasteiger charge is -2.69. The number of carbonyl (C=O) groups is 3. The van der Waals surface area contributed by atoms with E-state index in [2.05, 4.69) is 46.0 Å². The van der Waals surface area contributed by atoms with Crippen molar-refractivity contribution in [1.29, 1.82) is 5.26 Å².